The molecule has 2 heteroatoms. The summed E-state index contributed by atoms with van der Waals surface area (Å²) in [6.07, 6.45) is 3.36. The van der Waals surface area contributed by atoms with Crippen LogP contribution in [-0.2, 0) is 0 Å². The van der Waals surface area contributed by atoms with Gasteiger partial charge in [-0.1, -0.05) is 78.9 Å². The van der Waals surface area contributed by atoms with Gasteiger partial charge in [0.05, 0.1) is 0 Å². The van der Waals surface area contributed by atoms with E-state index in [-0.39, 0.29) is 11.6 Å². The van der Waals surface area contributed by atoms with Gasteiger partial charge in [0, 0.05) is 22.3 Å². The Bertz CT molecular complexity index is 819. The molecule has 2 aromatic rings. The van der Waals surface area contributed by atoms with Crippen molar-refractivity contribution in [1.29, 1.82) is 0 Å². The number of aryl methyl sites for hydroxylation is 1. The second kappa shape index (κ2) is 7.51. The highest BCUT2D eigenvalue weighted by Gasteiger charge is 2.12. The van der Waals surface area contributed by atoms with E-state index >= 15 is 0 Å². The molecule has 0 fully saturated rings. The van der Waals surface area contributed by atoms with Gasteiger partial charge in [-0.05, 0) is 19.9 Å². The van der Waals surface area contributed by atoms with Gasteiger partial charge in [0.2, 0.25) is 0 Å². The second-order valence-corrected chi connectivity index (χ2v) is 5.72. The first-order valence-corrected chi connectivity index (χ1v) is 7.68. The van der Waals surface area contributed by atoms with Crippen molar-refractivity contribution in [2.75, 3.05) is 0 Å². The monoisotopic (exact) mass is 316 g/mol. The zero-order valence-electron chi connectivity index (χ0n) is 14.0. The number of carbonyl (C=O) groups excluding carboxylic acids is 2. The molecule has 0 bridgehead atoms. The molecule has 0 heterocycles. The molecular weight excluding hydrogens is 296 g/mol. The molecule has 0 saturated carbocycles. The molecule has 0 aliphatic carbocycles. The van der Waals surface area contributed by atoms with Crippen molar-refractivity contribution in [2.24, 2.45) is 0 Å². The fraction of sp³-hybridized carbons (Fsp3) is 0.0909. The predicted octanol–water partition coefficient (Wildman–Crippen LogP) is 5.10. The van der Waals surface area contributed by atoms with Crippen LogP contribution in [-0.4, -0.2) is 11.6 Å². The van der Waals surface area contributed by atoms with E-state index in [0.29, 0.717) is 22.3 Å². The Labute approximate surface area is 142 Å². The number of ketones is 2. The summed E-state index contributed by atoms with van der Waals surface area (Å²) in [4.78, 5) is 24.8. The van der Waals surface area contributed by atoms with Crippen LogP contribution in [0.4, 0.5) is 0 Å². The van der Waals surface area contributed by atoms with Gasteiger partial charge in [-0.25, -0.2) is 0 Å². The van der Waals surface area contributed by atoms with E-state index in [9.17, 15) is 9.59 Å². The van der Waals surface area contributed by atoms with Gasteiger partial charge in [-0.15, -0.1) is 0 Å². The smallest absolute Gasteiger partial charge is 0.193 e. The van der Waals surface area contributed by atoms with E-state index in [2.05, 4.69) is 13.2 Å². The summed E-state index contributed by atoms with van der Waals surface area (Å²) in [5, 5.41) is 0. The maximum absolute atomic E-state index is 12.4. The number of hydrogen-bond donors (Lipinski definition) is 0. The number of Topliss-reactive ketones (excluding diaryl/α,β-unsaturated/α-hetero) is 1. The molecule has 0 aliphatic heterocycles. The van der Waals surface area contributed by atoms with Crippen molar-refractivity contribution in [3.05, 3.63) is 107 Å². The lowest BCUT2D eigenvalue weighted by molar-refractivity contribution is 0.102. The number of allylic oxidation sites excluding steroid dienone is 4. The van der Waals surface area contributed by atoms with E-state index in [1.54, 1.807) is 48.6 Å². The Balaban J connectivity index is 2.20. The Kier molecular flexibility index (Phi) is 5.43. The van der Waals surface area contributed by atoms with Crippen molar-refractivity contribution in [3.8, 4) is 0 Å². The van der Waals surface area contributed by atoms with Crippen LogP contribution in [0.2, 0.25) is 0 Å². The largest absolute Gasteiger partial charge is 0.289 e. The van der Waals surface area contributed by atoms with E-state index in [1.165, 1.54) is 0 Å². The minimum absolute atomic E-state index is 0.0600. The van der Waals surface area contributed by atoms with E-state index < -0.39 is 0 Å². The fourth-order valence-corrected chi connectivity index (χ4v) is 2.23. The molecule has 2 aromatic carbocycles. The average Bonchev–Trinajstić information content (AvgIpc) is 2.61. The molecule has 24 heavy (non-hydrogen) atoms. The molecule has 2 nitrogen and oxygen atoms in total. The van der Waals surface area contributed by atoms with Crippen LogP contribution < -0.4 is 0 Å². The highest BCUT2D eigenvalue weighted by molar-refractivity contribution is 6.12. The van der Waals surface area contributed by atoms with Crippen LogP contribution in [0, 0.1) is 6.92 Å². The topological polar surface area (TPSA) is 34.1 Å². The van der Waals surface area contributed by atoms with Crippen molar-refractivity contribution >= 4 is 11.6 Å². The Hall–Kier alpha value is -3.00. The number of carbonyl (C=O) groups is 2. The van der Waals surface area contributed by atoms with Gasteiger partial charge < -0.3 is 0 Å². The molecular formula is C22H20O2. The molecule has 0 aromatic heterocycles. The standard InChI is InChI=1S/C22H20O2/c1-5-15(2)14-17(4)21(23)18-10-12-20(13-11-18)22(24)19-8-6-16(3)7-9-19/h5-14H,1,4H2,2-3H3/b15-14-. The van der Waals surface area contributed by atoms with Crippen molar-refractivity contribution in [2.45, 2.75) is 13.8 Å². The van der Waals surface area contributed by atoms with Crippen LogP contribution in [0.5, 0.6) is 0 Å². The van der Waals surface area contributed by atoms with Crippen LogP contribution >= 0.6 is 0 Å². The molecule has 0 amide bonds. The first-order chi connectivity index (χ1) is 11.4. The van der Waals surface area contributed by atoms with Gasteiger partial charge in [0.1, 0.15) is 0 Å². The Morgan fingerprint density at radius 2 is 1.33 bits per heavy atom. The molecule has 120 valence electrons. The van der Waals surface area contributed by atoms with Crippen molar-refractivity contribution < 1.29 is 9.59 Å². The van der Waals surface area contributed by atoms with Crippen LogP contribution in [0.25, 0.3) is 0 Å². The Morgan fingerprint density at radius 1 is 0.875 bits per heavy atom. The zero-order chi connectivity index (χ0) is 17.7. The maximum atomic E-state index is 12.4. The van der Waals surface area contributed by atoms with Gasteiger partial charge >= 0.3 is 0 Å². The van der Waals surface area contributed by atoms with Crippen LogP contribution in [0.1, 0.15) is 38.8 Å². The minimum Gasteiger partial charge on any atom is -0.289 e. The van der Waals surface area contributed by atoms with Gasteiger partial charge in [-0.3, -0.25) is 9.59 Å². The highest BCUT2D eigenvalue weighted by atomic mass is 16.1. The molecule has 0 spiro atoms. The van der Waals surface area contributed by atoms with Crippen molar-refractivity contribution in [3.63, 3.8) is 0 Å². The van der Waals surface area contributed by atoms with Crippen LogP contribution in [0.3, 0.4) is 0 Å². The zero-order valence-corrected chi connectivity index (χ0v) is 14.0. The van der Waals surface area contributed by atoms with Crippen LogP contribution in [0.15, 0.2) is 85.0 Å². The minimum atomic E-state index is -0.162. The predicted molar refractivity (Wildman–Crippen MR) is 98.5 cm³/mol. The molecule has 0 aliphatic rings. The summed E-state index contributed by atoms with van der Waals surface area (Å²) in [6.45, 7) is 11.3. The van der Waals surface area contributed by atoms with Gasteiger partial charge in [0.15, 0.2) is 11.6 Å². The summed E-state index contributed by atoms with van der Waals surface area (Å²) < 4.78 is 0. The number of benzene rings is 2. The van der Waals surface area contributed by atoms with E-state index in [0.717, 1.165) is 11.1 Å². The van der Waals surface area contributed by atoms with E-state index in [4.69, 9.17) is 0 Å². The molecule has 0 atom stereocenters. The summed E-state index contributed by atoms with van der Waals surface area (Å²) >= 11 is 0. The lowest BCUT2D eigenvalue weighted by Gasteiger charge is -2.05. The molecule has 0 radical (unpaired) electrons. The number of rotatable bonds is 6. The Morgan fingerprint density at radius 3 is 1.83 bits per heavy atom. The summed E-state index contributed by atoms with van der Waals surface area (Å²) in [5.41, 5.74) is 4.07. The first-order valence-electron chi connectivity index (χ1n) is 7.68. The van der Waals surface area contributed by atoms with E-state index in [1.807, 2.05) is 26.0 Å². The fourth-order valence-electron chi connectivity index (χ4n) is 2.23. The first kappa shape index (κ1) is 17.4. The lowest BCUT2D eigenvalue weighted by atomic mass is 9.98. The second-order valence-electron chi connectivity index (χ2n) is 5.72. The summed E-state index contributed by atoms with van der Waals surface area (Å²) in [5.74, 6) is -0.222. The lowest BCUT2D eigenvalue weighted by Crippen LogP contribution is -2.04. The third kappa shape index (κ3) is 4.05. The number of hydrogen-bond acceptors (Lipinski definition) is 2. The molecule has 2 rings (SSSR count). The van der Waals surface area contributed by atoms with Crippen molar-refractivity contribution in [1.82, 2.24) is 0 Å². The molecule has 0 unspecified atom stereocenters. The molecule has 0 saturated heterocycles. The quantitative estimate of drug-likeness (QED) is 0.422. The normalized spacial score (nSPS) is 11.0. The average molecular weight is 316 g/mol. The summed E-state index contributed by atoms with van der Waals surface area (Å²) in [6, 6.07) is 14.1. The maximum Gasteiger partial charge on any atom is 0.193 e. The van der Waals surface area contributed by atoms with Gasteiger partial charge in [0.25, 0.3) is 0 Å². The van der Waals surface area contributed by atoms with Gasteiger partial charge in [-0.2, -0.15) is 0 Å². The third-order valence-corrected chi connectivity index (χ3v) is 3.74. The summed E-state index contributed by atoms with van der Waals surface area (Å²) in [7, 11) is 0. The third-order valence-electron chi connectivity index (χ3n) is 3.74. The molecule has 0 N–H and O–H groups in total. The highest BCUT2D eigenvalue weighted by Crippen LogP contribution is 2.15. The SMILES string of the molecule is C=C/C(C)=C\C(=C)C(=O)c1ccc(C(=O)c2ccc(C)cc2)cc1.